The summed E-state index contributed by atoms with van der Waals surface area (Å²) in [4.78, 5) is 25.9. The zero-order valence-electron chi connectivity index (χ0n) is 11.2. The molecule has 1 saturated heterocycles. The van der Waals surface area contributed by atoms with Gasteiger partial charge in [-0.05, 0) is 19.3 Å². The van der Waals surface area contributed by atoms with Crippen molar-refractivity contribution in [2.24, 2.45) is 5.84 Å². The van der Waals surface area contributed by atoms with E-state index in [2.05, 4.69) is 10.7 Å². The normalized spacial score (nSPS) is 25.7. The molecular formula is C12H22N4O3. The number of nitrogens with one attached hydrogen (secondary N) is 2. The van der Waals surface area contributed by atoms with E-state index in [0.717, 1.165) is 12.8 Å². The number of hydrogen-bond donors (Lipinski definition) is 3. The van der Waals surface area contributed by atoms with E-state index in [0.29, 0.717) is 32.2 Å². The standard InChI is InChI=1S/C12H22N4O3/c1-2-9(12(18)15-13)16-5-6-19-7-10(16)11(17)14-8-3-4-8/h8-10H,2-7,13H2,1H3,(H,14,17)(H,15,18). The summed E-state index contributed by atoms with van der Waals surface area (Å²) >= 11 is 0. The van der Waals surface area contributed by atoms with Crippen LogP contribution in [0.25, 0.3) is 0 Å². The maximum Gasteiger partial charge on any atom is 0.251 e. The highest BCUT2D eigenvalue weighted by Gasteiger charge is 2.38. The zero-order valence-corrected chi connectivity index (χ0v) is 11.2. The van der Waals surface area contributed by atoms with Crippen LogP contribution in [0.4, 0.5) is 0 Å². The molecule has 7 heteroatoms. The molecule has 1 saturated carbocycles. The smallest absolute Gasteiger partial charge is 0.251 e. The van der Waals surface area contributed by atoms with Crippen molar-refractivity contribution in [3.8, 4) is 0 Å². The highest BCUT2D eigenvalue weighted by Crippen LogP contribution is 2.20. The van der Waals surface area contributed by atoms with Crippen molar-refractivity contribution < 1.29 is 14.3 Å². The van der Waals surface area contributed by atoms with E-state index in [1.54, 1.807) is 0 Å². The Morgan fingerprint density at radius 2 is 2.21 bits per heavy atom. The van der Waals surface area contributed by atoms with Crippen LogP contribution in [0.2, 0.25) is 0 Å². The molecule has 0 aromatic rings. The summed E-state index contributed by atoms with van der Waals surface area (Å²) in [5, 5.41) is 2.97. The van der Waals surface area contributed by atoms with E-state index in [4.69, 9.17) is 10.6 Å². The predicted octanol–water partition coefficient (Wildman–Crippen LogP) is -1.27. The zero-order chi connectivity index (χ0) is 13.8. The number of nitrogens with two attached hydrogens (primary N) is 1. The molecule has 0 aromatic heterocycles. The van der Waals surface area contributed by atoms with Crippen LogP contribution in [0, 0.1) is 0 Å². The van der Waals surface area contributed by atoms with E-state index in [-0.39, 0.29) is 17.9 Å². The molecule has 0 aromatic carbocycles. The maximum absolute atomic E-state index is 12.2. The van der Waals surface area contributed by atoms with Crippen LogP contribution in [0.3, 0.4) is 0 Å². The Balaban J connectivity index is 2.04. The predicted molar refractivity (Wildman–Crippen MR) is 68.9 cm³/mol. The van der Waals surface area contributed by atoms with Crippen molar-refractivity contribution in [3.05, 3.63) is 0 Å². The number of morpholine rings is 1. The first-order valence-electron chi connectivity index (χ1n) is 6.81. The summed E-state index contributed by atoms with van der Waals surface area (Å²) in [5.41, 5.74) is 2.17. The Kier molecular flexibility index (Phi) is 4.73. The third-order valence-corrected chi connectivity index (χ3v) is 3.63. The molecule has 108 valence electrons. The number of carbonyl (C=O) groups is 2. The van der Waals surface area contributed by atoms with Gasteiger partial charge in [0.2, 0.25) is 5.91 Å². The van der Waals surface area contributed by atoms with Crippen LogP contribution in [0.1, 0.15) is 26.2 Å². The van der Waals surface area contributed by atoms with Crippen LogP contribution >= 0.6 is 0 Å². The van der Waals surface area contributed by atoms with Gasteiger partial charge in [0, 0.05) is 12.6 Å². The van der Waals surface area contributed by atoms with Crippen molar-refractivity contribution >= 4 is 11.8 Å². The van der Waals surface area contributed by atoms with Gasteiger partial charge in [0.1, 0.15) is 6.04 Å². The van der Waals surface area contributed by atoms with Gasteiger partial charge in [0.15, 0.2) is 0 Å². The van der Waals surface area contributed by atoms with Gasteiger partial charge in [-0.2, -0.15) is 0 Å². The first-order chi connectivity index (χ1) is 9.17. The Morgan fingerprint density at radius 3 is 2.79 bits per heavy atom. The van der Waals surface area contributed by atoms with Gasteiger partial charge in [-0.15, -0.1) is 0 Å². The lowest BCUT2D eigenvalue weighted by Crippen LogP contribution is -2.61. The van der Waals surface area contributed by atoms with Crippen molar-refractivity contribution in [1.29, 1.82) is 0 Å². The lowest BCUT2D eigenvalue weighted by Gasteiger charge is -2.38. The topological polar surface area (TPSA) is 96.7 Å². The maximum atomic E-state index is 12.2. The quantitative estimate of drug-likeness (QED) is 0.329. The molecule has 1 aliphatic carbocycles. The van der Waals surface area contributed by atoms with Crippen molar-refractivity contribution in [1.82, 2.24) is 15.6 Å². The third kappa shape index (κ3) is 3.43. The molecule has 1 heterocycles. The van der Waals surface area contributed by atoms with Gasteiger partial charge in [0.05, 0.1) is 19.3 Å². The fourth-order valence-corrected chi connectivity index (χ4v) is 2.41. The molecule has 0 radical (unpaired) electrons. The fourth-order valence-electron chi connectivity index (χ4n) is 2.41. The number of nitrogens with zero attached hydrogens (tertiary/aromatic N) is 1. The number of hydrazine groups is 1. The molecule has 19 heavy (non-hydrogen) atoms. The minimum Gasteiger partial charge on any atom is -0.378 e. The second kappa shape index (κ2) is 6.31. The van der Waals surface area contributed by atoms with Crippen LogP contribution in [-0.2, 0) is 14.3 Å². The fraction of sp³-hybridized carbons (Fsp3) is 0.833. The van der Waals surface area contributed by atoms with E-state index >= 15 is 0 Å². The molecular weight excluding hydrogens is 248 g/mol. The van der Waals surface area contributed by atoms with Crippen molar-refractivity contribution in [2.75, 3.05) is 19.8 Å². The van der Waals surface area contributed by atoms with Crippen LogP contribution in [0.15, 0.2) is 0 Å². The summed E-state index contributed by atoms with van der Waals surface area (Å²) in [7, 11) is 0. The van der Waals surface area contributed by atoms with Gasteiger partial charge in [-0.1, -0.05) is 6.92 Å². The van der Waals surface area contributed by atoms with Gasteiger partial charge in [-0.25, -0.2) is 5.84 Å². The van der Waals surface area contributed by atoms with Gasteiger partial charge in [0.25, 0.3) is 5.91 Å². The van der Waals surface area contributed by atoms with E-state index in [1.165, 1.54) is 0 Å². The first-order valence-corrected chi connectivity index (χ1v) is 6.81. The molecule has 2 unspecified atom stereocenters. The average molecular weight is 270 g/mol. The molecule has 2 amide bonds. The van der Waals surface area contributed by atoms with Crippen LogP contribution in [0.5, 0.6) is 0 Å². The monoisotopic (exact) mass is 270 g/mol. The molecule has 0 bridgehead atoms. The lowest BCUT2D eigenvalue weighted by atomic mass is 10.1. The largest absolute Gasteiger partial charge is 0.378 e. The molecule has 1 aliphatic heterocycles. The van der Waals surface area contributed by atoms with Crippen LogP contribution in [-0.4, -0.2) is 54.6 Å². The second-order valence-corrected chi connectivity index (χ2v) is 5.04. The highest BCUT2D eigenvalue weighted by molar-refractivity contribution is 5.85. The number of ether oxygens (including phenoxy) is 1. The van der Waals surface area contributed by atoms with E-state index in [9.17, 15) is 9.59 Å². The molecule has 0 spiro atoms. The van der Waals surface area contributed by atoms with E-state index in [1.807, 2.05) is 11.8 Å². The summed E-state index contributed by atoms with van der Waals surface area (Å²) in [5.74, 6) is 4.90. The Morgan fingerprint density at radius 1 is 1.47 bits per heavy atom. The Labute approximate surface area is 112 Å². The number of rotatable bonds is 5. The van der Waals surface area contributed by atoms with Crippen molar-refractivity contribution in [2.45, 2.75) is 44.3 Å². The minimum absolute atomic E-state index is 0.0505. The molecule has 2 rings (SSSR count). The molecule has 4 N–H and O–H groups in total. The summed E-state index contributed by atoms with van der Waals surface area (Å²) in [6, 6.07) is -0.486. The number of hydrogen-bond acceptors (Lipinski definition) is 5. The van der Waals surface area contributed by atoms with Crippen molar-refractivity contribution in [3.63, 3.8) is 0 Å². The Bertz CT molecular complexity index is 346. The minimum atomic E-state index is -0.406. The van der Waals surface area contributed by atoms with Gasteiger partial charge < -0.3 is 10.1 Å². The lowest BCUT2D eigenvalue weighted by molar-refractivity contribution is -0.140. The molecule has 2 fully saturated rings. The second-order valence-electron chi connectivity index (χ2n) is 5.04. The van der Waals surface area contributed by atoms with Gasteiger partial charge in [-0.3, -0.25) is 19.9 Å². The average Bonchev–Trinajstić information content (AvgIpc) is 3.23. The first kappa shape index (κ1) is 14.2. The van der Waals surface area contributed by atoms with Crippen LogP contribution < -0.4 is 16.6 Å². The number of carbonyl (C=O) groups excluding carboxylic acids is 2. The number of amides is 2. The highest BCUT2D eigenvalue weighted by atomic mass is 16.5. The summed E-state index contributed by atoms with van der Waals surface area (Å²) in [6.45, 7) is 3.33. The SMILES string of the molecule is CCC(C(=O)NN)N1CCOCC1C(=O)NC1CC1. The summed E-state index contributed by atoms with van der Waals surface area (Å²) < 4.78 is 5.38. The molecule has 2 aliphatic rings. The third-order valence-electron chi connectivity index (χ3n) is 3.63. The molecule has 7 nitrogen and oxygen atoms in total. The molecule has 2 atom stereocenters. The van der Waals surface area contributed by atoms with E-state index < -0.39 is 6.04 Å². The summed E-state index contributed by atoms with van der Waals surface area (Å²) in [6.07, 6.45) is 2.69. The van der Waals surface area contributed by atoms with Gasteiger partial charge >= 0.3 is 0 Å². The Hall–Kier alpha value is -1.18.